The van der Waals surface area contributed by atoms with E-state index in [1.807, 2.05) is 31.2 Å². The number of rotatable bonds is 5. The summed E-state index contributed by atoms with van der Waals surface area (Å²) in [5.74, 6) is 0.0913. The molecule has 0 atom stereocenters. The molecule has 0 unspecified atom stereocenters. The highest BCUT2D eigenvalue weighted by molar-refractivity contribution is 8.01. The van der Waals surface area contributed by atoms with Gasteiger partial charge in [-0.1, -0.05) is 48.2 Å². The Hall–Kier alpha value is -2.26. The Morgan fingerprint density at radius 3 is 3.00 bits per heavy atom. The lowest BCUT2D eigenvalue weighted by atomic mass is 10.1. The predicted octanol–water partition coefficient (Wildman–Crippen LogP) is 1.84. The van der Waals surface area contributed by atoms with Gasteiger partial charge in [-0.3, -0.25) is 9.59 Å². The van der Waals surface area contributed by atoms with Crippen molar-refractivity contribution in [3.05, 3.63) is 46.4 Å². The fourth-order valence-electron chi connectivity index (χ4n) is 1.98. The summed E-state index contributed by atoms with van der Waals surface area (Å²) in [5.41, 5.74) is 1.58. The Bertz CT molecular complexity index is 905. The molecule has 0 aliphatic heterocycles. The number of hydrogen-bond acceptors (Lipinski definition) is 7. The minimum Gasteiger partial charge on any atom is -0.325 e. The van der Waals surface area contributed by atoms with Crippen LogP contribution in [0.1, 0.15) is 12.5 Å². The Morgan fingerprint density at radius 2 is 2.22 bits per heavy atom. The Morgan fingerprint density at radius 1 is 1.39 bits per heavy atom. The second kappa shape index (κ2) is 6.88. The molecule has 0 saturated heterocycles. The molecule has 7 nitrogen and oxygen atoms in total. The molecule has 0 bridgehead atoms. The van der Waals surface area contributed by atoms with Gasteiger partial charge in [-0.2, -0.15) is 9.61 Å². The molecule has 3 rings (SSSR count). The lowest BCUT2D eigenvalue weighted by Gasteiger charge is -2.08. The summed E-state index contributed by atoms with van der Waals surface area (Å²) in [5, 5.41) is 14.5. The lowest BCUT2D eigenvalue weighted by molar-refractivity contribution is -0.113. The van der Waals surface area contributed by atoms with Crippen molar-refractivity contribution in [3.8, 4) is 0 Å². The van der Waals surface area contributed by atoms with Crippen molar-refractivity contribution in [3.63, 3.8) is 0 Å². The molecule has 2 aromatic heterocycles. The van der Waals surface area contributed by atoms with Gasteiger partial charge in [-0.05, 0) is 18.1 Å². The maximum Gasteiger partial charge on any atom is 0.293 e. The third-order valence-electron chi connectivity index (χ3n) is 3.06. The second-order valence-corrected chi connectivity index (χ2v) is 6.77. The number of anilines is 1. The molecule has 2 heterocycles. The zero-order valence-electron chi connectivity index (χ0n) is 12.2. The van der Waals surface area contributed by atoms with Gasteiger partial charge in [0.25, 0.3) is 5.56 Å². The van der Waals surface area contributed by atoms with Crippen LogP contribution in [0.25, 0.3) is 4.96 Å². The summed E-state index contributed by atoms with van der Waals surface area (Å²) in [6, 6.07) is 7.71. The van der Waals surface area contributed by atoms with Crippen LogP contribution in [0.3, 0.4) is 0 Å². The highest BCUT2D eigenvalue weighted by Crippen LogP contribution is 2.23. The first-order valence-electron chi connectivity index (χ1n) is 6.89. The highest BCUT2D eigenvalue weighted by Gasteiger charge is 2.11. The molecular weight excluding hydrogens is 334 g/mol. The van der Waals surface area contributed by atoms with E-state index in [2.05, 4.69) is 20.6 Å². The first-order chi connectivity index (χ1) is 11.2. The van der Waals surface area contributed by atoms with Gasteiger partial charge in [0.05, 0.1) is 5.75 Å². The van der Waals surface area contributed by atoms with E-state index in [4.69, 9.17) is 0 Å². The molecule has 1 N–H and O–H groups in total. The van der Waals surface area contributed by atoms with Gasteiger partial charge >= 0.3 is 0 Å². The third kappa shape index (κ3) is 3.57. The summed E-state index contributed by atoms with van der Waals surface area (Å²) < 4.78 is 1.78. The molecule has 0 spiro atoms. The van der Waals surface area contributed by atoms with E-state index in [1.54, 1.807) is 0 Å². The average molecular weight is 347 g/mol. The first-order valence-corrected chi connectivity index (χ1v) is 8.69. The van der Waals surface area contributed by atoms with Gasteiger partial charge < -0.3 is 5.32 Å². The SMILES string of the molecule is CCc1ccccc1NC(=O)CSc1nn2c(=O)cnnc2s1. The summed E-state index contributed by atoms with van der Waals surface area (Å²) in [4.78, 5) is 24.1. The Labute approximate surface area is 139 Å². The van der Waals surface area contributed by atoms with Crippen molar-refractivity contribution >= 4 is 39.7 Å². The summed E-state index contributed by atoms with van der Waals surface area (Å²) >= 11 is 2.49. The number of aryl methyl sites for hydroxylation is 1. The summed E-state index contributed by atoms with van der Waals surface area (Å²) in [6.07, 6.45) is 1.96. The van der Waals surface area contributed by atoms with Crippen LogP contribution in [0.2, 0.25) is 0 Å². The predicted molar refractivity (Wildman–Crippen MR) is 90.1 cm³/mol. The molecule has 0 radical (unpaired) electrons. The van der Waals surface area contributed by atoms with Crippen LogP contribution in [-0.2, 0) is 11.2 Å². The van der Waals surface area contributed by atoms with Crippen LogP contribution in [0.5, 0.6) is 0 Å². The van der Waals surface area contributed by atoms with Crippen molar-refractivity contribution in [2.45, 2.75) is 17.7 Å². The minimum atomic E-state index is -0.334. The number of carbonyl (C=O) groups excluding carboxylic acids is 1. The van der Waals surface area contributed by atoms with Crippen molar-refractivity contribution in [1.82, 2.24) is 19.8 Å². The van der Waals surface area contributed by atoms with E-state index in [0.29, 0.717) is 9.30 Å². The van der Waals surface area contributed by atoms with Crippen LogP contribution < -0.4 is 10.9 Å². The van der Waals surface area contributed by atoms with E-state index in [0.717, 1.165) is 23.9 Å². The topological polar surface area (TPSA) is 89.3 Å². The fraction of sp³-hybridized carbons (Fsp3) is 0.214. The molecule has 0 saturated carbocycles. The number of hydrogen-bond donors (Lipinski definition) is 1. The zero-order chi connectivity index (χ0) is 16.2. The number of nitrogens with zero attached hydrogens (tertiary/aromatic N) is 4. The number of benzene rings is 1. The average Bonchev–Trinajstić information content (AvgIpc) is 2.98. The fourth-order valence-corrected chi connectivity index (χ4v) is 3.66. The van der Waals surface area contributed by atoms with Gasteiger partial charge in [0.1, 0.15) is 6.20 Å². The number of aromatic nitrogens is 4. The molecular formula is C14H13N5O2S2. The maximum atomic E-state index is 12.1. The minimum absolute atomic E-state index is 0.117. The van der Waals surface area contributed by atoms with E-state index >= 15 is 0 Å². The summed E-state index contributed by atoms with van der Waals surface area (Å²) in [6.45, 7) is 2.04. The molecule has 1 amide bonds. The molecule has 23 heavy (non-hydrogen) atoms. The molecule has 9 heteroatoms. The van der Waals surface area contributed by atoms with E-state index in [-0.39, 0.29) is 17.2 Å². The maximum absolute atomic E-state index is 12.1. The lowest BCUT2D eigenvalue weighted by Crippen LogP contribution is -2.15. The van der Waals surface area contributed by atoms with Gasteiger partial charge in [0.15, 0.2) is 4.34 Å². The quantitative estimate of drug-likeness (QED) is 0.709. The molecule has 1 aromatic carbocycles. The standard InChI is InChI=1S/C14H13N5O2S2/c1-2-9-5-3-4-6-10(9)16-11(20)8-22-14-18-19-12(21)7-15-17-13(19)23-14/h3-7H,2,8H2,1H3,(H,16,20). The van der Waals surface area contributed by atoms with Crippen molar-refractivity contribution < 1.29 is 4.79 Å². The number of carbonyl (C=O) groups is 1. The van der Waals surface area contributed by atoms with Crippen molar-refractivity contribution in [2.75, 3.05) is 11.1 Å². The molecule has 3 aromatic rings. The number of nitrogens with one attached hydrogen (secondary N) is 1. The first kappa shape index (κ1) is 15.6. The van der Waals surface area contributed by atoms with Crippen LogP contribution in [0, 0.1) is 0 Å². The van der Waals surface area contributed by atoms with Gasteiger partial charge in [-0.15, -0.1) is 10.2 Å². The smallest absolute Gasteiger partial charge is 0.293 e. The molecule has 0 fully saturated rings. The largest absolute Gasteiger partial charge is 0.325 e. The highest BCUT2D eigenvalue weighted by atomic mass is 32.2. The number of para-hydroxylation sites is 1. The normalized spacial score (nSPS) is 10.8. The van der Waals surface area contributed by atoms with Gasteiger partial charge in [0.2, 0.25) is 10.9 Å². The number of amides is 1. The van der Waals surface area contributed by atoms with Crippen molar-refractivity contribution in [1.29, 1.82) is 0 Å². The Kier molecular flexibility index (Phi) is 4.68. The second-order valence-electron chi connectivity index (χ2n) is 4.59. The van der Waals surface area contributed by atoms with Crippen LogP contribution >= 0.6 is 23.1 Å². The molecule has 0 aliphatic carbocycles. The van der Waals surface area contributed by atoms with E-state index in [1.165, 1.54) is 27.6 Å². The number of thioether (sulfide) groups is 1. The van der Waals surface area contributed by atoms with Gasteiger partial charge in [-0.25, -0.2) is 0 Å². The third-order valence-corrected chi connectivity index (χ3v) is 5.09. The zero-order valence-corrected chi connectivity index (χ0v) is 13.9. The van der Waals surface area contributed by atoms with Crippen LogP contribution in [-0.4, -0.2) is 31.5 Å². The van der Waals surface area contributed by atoms with Gasteiger partial charge in [0, 0.05) is 5.69 Å². The van der Waals surface area contributed by atoms with E-state index < -0.39 is 0 Å². The van der Waals surface area contributed by atoms with Crippen LogP contribution in [0.4, 0.5) is 5.69 Å². The monoisotopic (exact) mass is 347 g/mol. The number of fused-ring (bicyclic) bond motifs is 1. The van der Waals surface area contributed by atoms with Crippen molar-refractivity contribution in [2.24, 2.45) is 0 Å². The summed E-state index contributed by atoms with van der Waals surface area (Å²) in [7, 11) is 0. The Balaban J connectivity index is 1.66. The molecule has 118 valence electrons. The van der Waals surface area contributed by atoms with E-state index in [9.17, 15) is 9.59 Å². The molecule has 0 aliphatic rings. The van der Waals surface area contributed by atoms with Crippen LogP contribution in [0.15, 0.2) is 39.6 Å².